The molecule has 0 radical (unpaired) electrons. The standard InChI is InChI=1S/C20H18N2O2S/c23-18-11-16(10-15-6-3-5-13-4-1-2-7-17(13)15)19(14-8-9-14)20-22(18)21(24)12-25-20/h1-7,11,14,24H,8-10,12H2. The number of benzene rings is 2. The Kier molecular flexibility index (Phi) is 3.40. The van der Waals surface area contributed by atoms with E-state index < -0.39 is 0 Å². The van der Waals surface area contributed by atoms with Crippen LogP contribution in [-0.4, -0.2) is 15.8 Å². The lowest BCUT2D eigenvalue weighted by Gasteiger charge is -2.17. The number of thioether (sulfide) groups is 1. The van der Waals surface area contributed by atoms with Crippen LogP contribution in [0.5, 0.6) is 0 Å². The Morgan fingerprint density at radius 1 is 1.08 bits per heavy atom. The molecule has 4 nitrogen and oxygen atoms in total. The van der Waals surface area contributed by atoms with Crippen LogP contribution in [0.3, 0.4) is 0 Å². The Balaban J connectivity index is 1.67. The normalized spacial score (nSPS) is 16.4. The molecule has 1 aliphatic carbocycles. The van der Waals surface area contributed by atoms with Crippen molar-refractivity contribution in [1.82, 2.24) is 4.68 Å². The summed E-state index contributed by atoms with van der Waals surface area (Å²) in [5, 5.41) is 14.4. The zero-order valence-corrected chi connectivity index (χ0v) is 14.5. The summed E-state index contributed by atoms with van der Waals surface area (Å²) in [5.74, 6) is 0.929. The number of hydrogen-bond acceptors (Lipinski definition) is 4. The molecule has 25 heavy (non-hydrogen) atoms. The van der Waals surface area contributed by atoms with Crippen LogP contribution >= 0.6 is 11.8 Å². The average Bonchev–Trinajstić information content (AvgIpc) is 3.37. The van der Waals surface area contributed by atoms with E-state index in [0.29, 0.717) is 11.8 Å². The quantitative estimate of drug-likeness (QED) is 0.779. The van der Waals surface area contributed by atoms with Crippen LogP contribution in [0, 0.1) is 0 Å². The third-order valence-electron chi connectivity index (χ3n) is 5.07. The summed E-state index contributed by atoms with van der Waals surface area (Å²) in [6, 6.07) is 16.4. The molecule has 0 bridgehead atoms. The van der Waals surface area contributed by atoms with Gasteiger partial charge in [0.05, 0.1) is 0 Å². The van der Waals surface area contributed by atoms with E-state index in [4.69, 9.17) is 0 Å². The predicted molar refractivity (Wildman–Crippen MR) is 100 cm³/mol. The highest BCUT2D eigenvalue weighted by molar-refractivity contribution is 7.99. The molecule has 1 N–H and O–H groups in total. The van der Waals surface area contributed by atoms with Crippen LogP contribution in [0.1, 0.15) is 35.4 Å². The minimum absolute atomic E-state index is 0.151. The fraction of sp³-hybridized carbons (Fsp3) is 0.250. The maximum atomic E-state index is 12.5. The second-order valence-corrected chi connectivity index (χ2v) is 7.71. The summed E-state index contributed by atoms with van der Waals surface area (Å²) in [6.45, 7) is 0. The number of hydroxylamine groups is 1. The summed E-state index contributed by atoms with van der Waals surface area (Å²) in [6.07, 6.45) is 3.09. The molecule has 5 rings (SSSR count). The summed E-state index contributed by atoms with van der Waals surface area (Å²) < 4.78 is 1.42. The first-order chi connectivity index (χ1) is 12.2. The van der Waals surface area contributed by atoms with Gasteiger partial charge in [-0.05, 0) is 52.6 Å². The summed E-state index contributed by atoms with van der Waals surface area (Å²) in [7, 11) is 0. The second kappa shape index (κ2) is 5.64. The number of hydrogen-bond donors (Lipinski definition) is 1. The van der Waals surface area contributed by atoms with E-state index in [1.165, 1.54) is 39.4 Å². The summed E-state index contributed by atoms with van der Waals surface area (Å²) >= 11 is 1.55. The van der Waals surface area contributed by atoms with Crippen molar-refractivity contribution < 1.29 is 5.21 Å². The zero-order chi connectivity index (χ0) is 17.0. The van der Waals surface area contributed by atoms with Gasteiger partial charge in [0.2, 0.25) is 0 Å². The molecule has 2 aliphatic rings. The topological polar surface area (TPSA) is 45.5 Å². The molecule has 1 saturated carbocycles. The van der Waals surface area contributed by atoms with Gasteiger partial charge in [-0.1, -0.05) is 54.2 Å². The van der Waals surface area contributed by atoms with Crippen molar-refractivity contribution in [2.75, 3.05) is 11.0 Å². The first-order valence-electron chi connectivity index (χ1n) is 8.57. The molecule has 0 atom stereocenters. The van der Waals surface area contributed by atoms with Gasteiger partial charge in [0.1, 0.15) is 10.9 Å². The van der Waals surface area contributed by atoms with Crippen LogP contribution < -0.4 is 10.7 Å². The van der Waals surface area contributed by atoms with Crippen LogP contribution in [0.4, 0.5) is 0 Å². The van der Waals surface area contributed by atoms with E-state index >= 15 is 0 Å². The third kappa shape index (κ3) is 2.46. The van der Waals surface area contributed by atoms with Crippen molar-refractivity contribution >= 4 is 22.5 Å². The molecule has 2 aromatic carbocycles. The monoisotopic (exact) mass is 350 g/mol. The molecule has 1 aliphatic heterocycles. The Morgan fingerprint density at radius 2 is 1.88 bits per heavy atom. The lowest BCUT2D eigenvalue weighted by Crippen LogP contribution is -2.36. The molecule has 2 heterocycles. The lowest BCUT2D eigenvalue weighted by molar-refractivity contribution is 0.183. The van der Waals surface area contributed by atoms with Crippen molar-refractivity contribution in [2.45, 2.75) is 30.2 Å². The largest absolute Gasteiger partial charge is 0.272 e. The van der Waals surface area contributed by atoms with E-state index in [-0.39, 0.29) is 5.56 Å². The molecule has 5 heteroatoms. The van der Waals surface area contributed by atoms with Crippen LogP contribution in [0.2, 0.25) is 0 Å². The number of nitrogens with zero attached hydrogens (tertiary/aromatic N) is 2. The van der Waals surface area contributed by atoms with Gasteiger partial charge in [0.15, 0.2) is 0 Å². The predicted octanol–water partition coefficient (Wildman–Crippen LogP) is 3.86. The van der Waals surface area contributed by atoms with Crippen molar-refractivity contribution in [3.05, 3.63) is 75.6 Å². The van der Waals surface area contributed by atoms with Crippen molar-refractivity contribution in [3.8, 4) is 0 Å². The maximum absolute atomic E-state index is 12.5. The van der Waals surface area contributed by atoms with Crippen molar-refractivity contribution in [1.29, 1.82) is 0 Å². The Labute approximate surface area is 149 Å². The van der Waals surface area contributed by atoms with Gasteiger partial charge in [-0.2, -0.15) is 9.85 Å². The van der Waals surface area contributed by atoms with Gasteiger partial charge in [0, 0.05) is 6.07 Å². The van der Waals surface area contributed by atoms with E-state index in [1.807, 2.05) is 0 Å². The van der Waals surface area contributed by atoms with Gasteiger partial charge in [-0.3, -0.25) is 10.0 Å². The third-order valence-corrected chi connectivity index (χ3v) is 6.10. The molecular weight excluding hydrogens is 332 g/mol. The van der Waals surface area contributed by atoms with E-state index in [1.54, 1.807) is 17.8 Å². The smallest absolute Gasteiger partial charge is 0.272 e. The molecule has 3 aromatic rings. The maximum Gasteiger partial charge on any atom is 0.272 e. The van der Waals surface area contributed by atoms with Crippen molar-refractivity contribution in [3.63, 3.8) is 0 Å². The first-order valence-corrected chi connectivity index (χ1v) is 9.56. The van der Waals surface area contributed by atoms with Crippen molar-refractivity contribution in [2.24, 2.45) is 0 Å². The highest BCUT2D eigenvalue weighted by Crippen LogP contribution is 2.47. The number of aromatic nitrogens is 1. The molecule has 0 amide bonds. The SMILES string of the molecule is O=c1cc(Cc2cccc3ccccc23)c(C2CC2)c2n1N(O)CS2. The van der Waals surface area contributed by atoms with Crippen LogP contribution in [0.15, 0.2) is 58.4 Å². The minimum Gasteiger partial charge on any atom is -0.272 e. The van der Waals surface area contributed by atoms with Crippen LogP contribution in [0.25, 0.3) is 10.8 Å². The highest BCUT2D eigenvalue weighted by atomic mass is 32.2. The molecule has 0 unspecified atom stereocenters. The van der Waals surface area contributed by atoms with E-state index in [9.17, 15) is 10.0 Å². The first kappa shape index (κ1) is 15.0. The molecule has 126 valence electrons. The lowest BCUT2D eigenvalue weighted by atomic mass is 9.95. The zero-order valence-electron chi connectivity index (χ0n) is 13.7. The van der Waals surface area contributed by atoms with Gasteiger partial charge in [0.25, 0.3) is 5.56 Å². The number of pyridine rings is 1. The fourth-order valence-electron chi connectivity index (χ4n) is 3.78. The summed E-state index contributed by atoms with van der Waals surface area (Å²) in [4.78, 5) is 12.5. The second-order valence-electron chi connectivity index (χ2n) is 6.77. The molecule has 1 aromatic heterocycles. The number of fused-ring (bicyclic) bond motifs is 2. The average molecular weight is 350 g/mol. The minimum atomic E-state index is -0.151. The van der Waals surface area contributed by atoms with Gasteiger partial charge < -0.3 is 0 Å². The van der Waals surface area contributed by atoms with Gasteiger partial charge in [-0.25, -0.2) is 0 Å². The summed E-state index contributed by atoms with van der Waals surface area (Å²) in [5.41, 5.74) is 3.46. The van der Waals surface area contributed by atoms with E-state index in [0.717, 1.165) is 22.2 Å². The van der Waals surface area contributed by atoms with E-state index in [2.05, 4.69) is 42.5 Å². The van der Waals surface area contributed by atoms with Crippen LogP contribution in [-0.2, 0) is 6.42 Å². The molecule has 1 fully saturated rings. The Morgan fingerprint density at radius 3 is 2.72 bits per heavy atom. The fourth-order valence-corrected chi connectivity index (χ4v) is 4.89. The molecule has 0 saturated heterocycles. The molecular formula is C20H18N2O2S. The Hall–Kier alpha value is -2.24. The Bertz CT molecular complexity index is 1030. The van der Waals surface area contributed by atoms with Gasteiger partial charge >= 0.3 is 0 Å². The van der Waals surface area contributed by atoms with Gasteiger partial charge in [-0.15, -0.1) is 0 Å². The highest BCUT2D eigenvalue weighted by Gasteiger charge is 2.34. The molecule has 0 spiro atoms. The number of rotatable bonds is 3.